The molecule has 0 radical (unpaired) electrons. The number of aryl methyl sites for hydroxylation is 1. The number of H-pyrrole nitrogens is 1. The van der Waals surface area contributed by atoms with Crippen LogP contribution in [-0.2, 0) is 6.61 Å². The Kier molecular flexibility index (Phi) is 5.40. The second-order valence-electron chi connectivity index (χ2n) is 6.02. The average Bonchev–Trinajstić information content (AvgIpc) is 2.93. The fourth-order valence-electron chi connectivity index (χ4n) is 2.99. The van der Waals surface area contributed by atoms with E-state index >= 15 is 0 Å². The third-order valence-corrected chi connectivity index (χ3v) is 4.16. The van der Waals surface area contributed by atoms with Gasteiger partial charge in [-0.15, -0.1) is 0 Å². The summed E-state index contributed by atoms with van der Waals surface area (Å²) in [6.45, 7) is 10.0. The van der Waals surface area contributed by atoms with Crippen molar-refractivity contribution in [1.82, 2.24) is 9.97 Å². The zero-order chi connectivity index (χ0) is 17.0. The molecule has 0 saturated heterocycles. The Balaban J connectivity index is 2.68. The van der Waals surface area contributed by atoms with Crippen LogP contribution in [0.1, 0.15) is 47.8 Å². The van der Waals surface area contributed by atoms with Crippen LogP contribution in [0.3, 0.4) is 0 Å². The molecule has 0 bridgehead atoms. The van der Waals surface area contributed by atoms with Gasteiger partial charge in [0.15, 0.2) is 0 Å². The first-order chi connectivity index (χ1) is 11.0. The van der Waals surface area contributed by atoms with Crippen LogP contribution in [0.5, 0.6) is 0 Å². The highest BCUT2D eigenvalue weighted by atomic mass is 16.3. The van der Waals surface area contributed by atoms with Crippen LogP contribution in [0, 0.1) is 12.8 Å². The lowest BCUT2D eigenvalue weighted by Gasteiger charge is -2.24. The number of aromatic nitrogens is 2. The van der Waals surface area contributed by atoms with Crippen LogP contribution in [-0.4, -0.2) is 15.1 Å². The molecule has 1 heterocycles. The first-order valence-corrected chi connectivity index (χ1v) is 7.82. The third-order valence-electron chi connectivity index (χ3n) is 4.16. The zero-order valence-electron chi connectivity index (χ0n) is 14.0. The summed E-state index contributed by atoms with van der Waals surface area (Å²) >= 11 is 0. The molecule has 1 unspecified atom stereocenters. The fraction of sp³-hybridized carbons (Fsp3) is 0.316. The topological polar surface area (TPSA) is 74.9 Å². The number of aliphatic hydroxyl groups is 1. The van der Waals surface area contributed by atoms with E-state index in [0.29, 0.717) is 11.6 Å². The monoisotopic (exact) mass is 311 g/mol. The van der Waals surface area contributed by atoms with Gasteiger partial charge in [-0.1, -0.05) is 50.8 Å². The molecule has 0 spiro atoms. The van der Waals surface area contributed by atoms with Crippen molar-refractivity contribution < 1.29 is 5.11 Å². The number of allylic oxidation sites excluding steroid dienone is 2. The van der Waals surface area contributed by atoms with E-state index < -0.39 is 0 Å². The normalized spacial score (nSPS) is 12.9. The summed E-state index contributed by atoms with van der Waals surface area (Å²) in [4.78, 5) is 7.60. The van der Waals surface area contributed by atoms with E-state index in [4.69, 9.17) is 5.73 Å². The fourth-order valence-corrected chi connectivity index (χ4v) is 2.99. The number of aliphatic hydroxyl groups excluding tert-OH is 1. The van der Waals surface area contributed by atoms with Gasteiger partial charge in [-0.05, 0) is 18.4 Å². The second-order valence-corrected chi connectivity index (χ2v) is 6.02. The van der Waals surface area contributed by atoms with Crippen molar-refractivity contribution in [3.05, 3.63) is 65.3 Å². The maximum absolute atomic E-state index is 9.49. The molecule has 0 aliphatic carbocycles. The molecule has 2 rings (SSSR count). The number of nitrogens with two attached hydrogens (primary N) is 1. The van der Waals surface area contributed by atoms with Gasteiger partial charge in [-0.2, -0.15) is 0 Å². The first kappa shape index (κ1) is 17.0. The van der Waals surface area contributed by atoms with Gasteiger partial charge in [0.1, 0.15) is 0 Å². The van der Waals surface area contributed by atoms with Gasteiger partial charge >= 0.3 is 0 Å². The molecule has 0 fully saturated rings. The van der Waals surface area contributed by atoms with Crippen LogP contribution in [0.25, 0.3) is 6.08 Å². The molecule has 0 saturated carbocycles. The number of nitrogens with one attached hydrogen (secondary N) is 1. The molecule has 23 heavy (non-hydrogen) atoms. The molecule has 4 N–H and O–H groups in total. The molecule has 2 aromatic rings. The maximum atomic E-state index is 9.49. The van der Waals surface area contributed by atoms with Gasteiger partial charge in [0.25, 0.3) is 0 Å². The van der Waals surface area contributed by atoms with E-state index in [-0.39, 0.29) is 12.5 Å². The number of anilines is 1. The lowest BCUT2D eigenvalue weighted by Crippen LogP contribution is -2.13. The Morgan fingerprint density at radius 2 is 2.13 bits per heavy atom. The number of nitrogen functional groups attached to an aromatic ring is 1. The minimum atomic E-state index is -0.0729. The Hall–Kier alpha value is -2.33. The molecular formula is C19H25N3O. The Labute approximate surface area is 137 Å². The summed E-state index contributed by atoms with van der Waals surface area (Å²) in [5, 5.41) is 9.49. The molecule has 1 aromatic carbocycles. The summed E-state index contributed by atoms with van der Waals surface area (Å²) < 4.78 is 0. The Morgan fingerprint density at radius 1 is 1.39 bits per heavy atom. The van der Waals surface area contributed by atoms with E-state index in [2.05, 4.69) is 36.5 Å². The number of hydrogen-bond acceptors (Lipinski definition) is 3. The molecule has 1 atom stereocenters. The van der Waals surface area contributed by atoms with Crippen LogP contribution in [0.4, 0.5) is 5.69 Å². The van der Waals surface area contributed by atoms with Gasteiger partial charge < -0.3 is 15.8 Å². The molecular weight excluding hydrogens is 286 g/mol. The highest BCUT2D eigenvalue weighted by Crippen LogP contribution is 2.37. The van der Waals surface area contributed by atoms with E-state index in [1.807, 2.05) is 25.1 Å². The number of rotatable bonds is 6. The summed E-state index contributed by atoms with van der Waals surface area (Å²) in [6, 6.07) is 3.95. The second kappa shape index (κ2) is 7.29. The van der Waals surface area contributed by atoms with Crippen molar-refractivity contribution in [2.75, 3.05) is 5.73 Å². The van der Waals surface area contributed by atoms with Gasteiger partial charge in [0, 0.05) is 28.4 Å². The van der Waals surface area contributed by atoms with Gasteiger partial charge in [-0.25, -0.2) is 4.98 Å². The average molecular weight is 311 g/mol. The number of hydrogen-bond donors (Lipinski definition) is 3. The lowest BCUT2D eigenvalue weighted by molar-refractivity contribution is 0.282. The number of benzene rings is 1. The van der Waals surface area contributed by atoms with Crippen molar-refractivity contribution >= 4 is 11.8 Å². The SMILES string of the molecule is C=C/C=C\c1c(C(c2[nH]cnc2C)C(C)C)ccc(CO)c1N. The molecule has 4 nitrogen and oxygen atoms in total. The Bertz CT molecular complexity index is 713. The minimum absolute atomic E-state index is 0.0729. The van der Waals surface area contributed by atoms with Crippen LogP contribution >= 0.6 is 0 Å². The zero-order valence-corrected chi connectivity index (χ0v) is 14.0. The first-order valence-electron chi connectivity index (χ1n) is 7.82. The van der Waals surface area contributed by atoms with Crippen molar-refractivity contribution in [2.24, 2.45) is 5.92 Å². The molecule has 0 aliphatic heterocycles. The van der Waals surface area contributed by atoms with Gasteiger partial charge in [0.2, 0.25) is 0 Å². The smallest absolute Gasteiger partial charge is 0.0925 e. The van der Waals surface area contributed by atoms with E-state index in [1.165, 1.54) is 0 Å². The van der Waals surface area contributed by atoms with E-state index in [1.54, 1.807) is 12.4 Å². The van der Waals surface area contributed by atoms with E-state index in [9.17, 15) is 5.11 Å². The summed E-state index contributed by atoms with van der Waals surface area (Å²) in [7, 11) is 0. The maximum Gasteiger partial charge on any atom is 0.0925 e. The largest absolute Gasteiger partial charge is 0.398 e. The van der Waals surface area contributed by atoms with Crippen LogP contribution < -0.4 is 5.73 Å². The van der Waals surface area contributed by atoms with Crippen molar-refractivity contribution in [1.29, 1.82) is 0 Å². The predicted octanol–water partition coefficient (Wildman–Crippen LogP) is 3.78. The highest BCUT2D eigenvalue weighted by molar-refractivity contribution is 5.72. The van der Waals surface area contributed by atoms with Gasteiger partial charge in [-0.3, -0.25) is 0 Å². The van der Waals surface area contributed by atoms with E-state index in [0.717, 1.165) is 28.1 Å². The minimum Gasteiger partial charge on any atom is -0.398 e. The van der Waals surface area contributed by atoms with Crippen molar-refractivity contribution in [3.63, 3.8) is 0 Å². The standard InChI is InChI=1S/C19H25N3O/c1-5-6-7-16-15(9-8-14(10-23)18(16)20)17(12(2)3)19-13(4)21-11-22-19/h5-9,11-12,17,23H,1,10,20H2,2-4H3,(H,21,22)/b7-6-. The Morgan fingerprint density at radius 3 is 2.65 bits per heavy atom. The van der Waals surface area contributed by atoms with Crippen molar-refractivity contribution in [3.8, 4) is 0 Å². The number of nitrogens with zero attached hydrogens (tertiary/aromatic N) is 1. The number of imidazole rings is 1. The summed E-state index contributed by atoms with van der Waals surface area (Å²) in [5.41, 5.74) is 11.8. The number of aromatic amines is 1. The quantitative estimate of drug-likeness (QED) is 0.561. The van der Waals surface area contributed by atoms with Crippen LogP contribution in [0.2, 0.25) is 0 Å². The molecule has 0 amide bonds. The molecule has 0 aliphatic rings. The molecule has 4 heteroatoms. The summed E-state index contributed by atoms with van der Waals surface area (Å²) in [6.07, 6.45) is 7.27. The lowest BCUT2D eigenvalue weighted by atomic mass is 9.81. The third kappa shape index (κ3) is 3.37. The predicted molar refractivity (Wildman–Crippen MR) is 96.0 cm³/mol. The van der Waals surface area contributed by atoms with Gasteiger partial charge in [0.05, 0.1) is 18.6 Å². The molecule has 122 valence electrons. The summed E-state index contributed by atoms with van der Waals surface area (Å²) in [5.74, 6) is 0.515. The van der Waals surface area contributed by atoms with Crippen molar-refractivity contribution in [2.45, 2.75) is 33.3 Å². The molecule has 1 aromatic heterocycles. The van der Waals surface area contributed by atoms with Crippen LogP contribution in [0.15, 0.2) is 37.2 Å². The highest BCUT2D eigenvalue weighted by Gasteiger charge is 2.25.